The summed E-state index contributed by atoms with van der Waals surface area (Å²) in [6.07, 6.45) is -2.12. The summed E-state index contributed by atoms with van der Waals surface area (Å²) >= 11 is 0. The molecule has 0 saturated carbocycles. The van der Waals surface area contributed by atoms with Crippen LogP contribution in [0.2, 0.25) is 0 Å². The highest BCUT2D eigenvalue weighted by molar-refractivity contribution is 5.98. The number of aliphatic hydroxyl groups excluding tert-OH is 1. The van der Waals surface area contributed by atoms with Gasteiger partial charge in [-0.15, -0.1) is 0 Å². The number of esters is 3. The van der Waals surface area contributed by atoms with Crippen molar-refractivity contribution in [3.05, 3.63) is 0 Å². The summed E-state index contributed by atoms with van der Waals surface area (Å²) in [4.78, 5) is 36.8. The summed E-state index contributed by atoms with van der Waals surface area (Å²) in [6, 6.07) is 0. The number of hydrogen-bond donors (Lipinski definition) is 2. The van der Waals surface area contributed by atoms with Crippen molar-refractivity contribution in [2.75, 3.05) is 27.9 Å². The molecule has 2 heterocycles. The van der Waals surface area contributed by atoms with Crippen molar-refractivity contribution in [3.63, 3.8) is 0 Å². The third-order valence-electron chi connectivity index (χ3n) is 4.47. The average Bonchev–Trinajstić information content (AvgIpc) is 2.93. The van der Waals surface area contributed by atoms with Crippen LogP contribution < -0.4 is 0 Å². The van der Waals surface area contributed by atoms with Gasteiger partial charge in [0.05, 0.1) is 21.3 Å². The van der Waals surface area contributed by atoms with Crippen molar-refractivity contribution in [2.24, 2.45) is 0 Å². The normalized spacial score (nSPS) is 37.6. The molecule has 0 aliphatic carbocycles. The van der Waals surface area contributed by atoms with E-state index in [9.17, 15) is 24.6 Å². The lowest BCUT2D eigenvalue weighted by molar-refractivity contribution is -0.364. The first-order valence-corrected chi connectivity index (χ1v) is 7.23. The van der Waals surface area contributed by atoms with E-state index in [4.69, 9.17) is 9.47 Å². The van der Waals surface area contributed by atoms with Gasteiger partial charge in [-0.1, -0.05) is 0 Å². The van der Waals surface area contributed by atoms with Gasteiger partial charge in [-0.3, -0.25) is 0 Å². The fourth-order valence-corrected chi connectivity index (χ4v) is 3.27. The molecule has 10 nitrogen and oxygen atoms in total. The minimum atomic E-state index is -2.81. The van der Waals surface area contributed by atoms with Crippen LogP contribution in [0, 0.1) is 0 Å². The number of carbonyl (C=O) groups excluding carboxylic acids is 3. The molecule has 4 atom stereocenters. The zero-order valence-electron chi connectivity index (χ0n) is 13.6. The standard InChI is InChI=1S/C14H20O10/c1-20-9(16)8-14(19,11(18)22-3)13(10(17)21-2)5-4-12(23-8,24-13)6-7-15/h8,15,19H,4-7H2,1-3H3. The number of rotatable bonds is 5. The van der Waals surface area contributed by atoms with Crippen molar-refractivity contribution in [2.45, 2.75) is 42.4 Å². The van der Waals surface area contributed by atoms with E-state index in [-0.39, 0.29) is 25.9 Å². The molecule has 0 aromatic rings. The molecule has 2 rings (SSSR count). The molecule has 136 valence electrons. The molecule has 2 bridgehead atoms. The second-order valence-corrected chi connectivity index (χ2v) is 5.58. The maximum Gasteiger partial charge on any atom is 0.345 e. The highest BCUT2D eigenvalue weighted by atomic mass is 16.8. The Labute approximate surface area is 137 Å². The number of aliphatic hydroxyl groups is 2. The zero-order valence-corrected chi connectivity index (χ0v) is 13.6. The van der Waals surface area contributed by atoms with E-state index >= 15 is 0 Å². The molecule has 0 amide bonds. The van der Waals surface area contributed by atoms with E-state index in [0.717, 1.165) is 21.3 Å². The van der Waals surface area contributed by atoms with E-state index in [1.54, 1.807) is 0 Å². The van der Waals surface area contributed by atoms with Crippen LogP contribution in [0.15, 0.2) is 0 Å². The quantitative estimate of drug-likeness (QED) is 0.435. The number of fused-ring (bicyclic) bond motifs is 2. The SMILES string of the molecule is COC(=O)C1OC2(CCO)CCC(C(=O)OC)(O2)C1(O)C(=O)OC. The first-order valence-electron chi connectivity index (χ1n) is 7.23. The Morgan fingerprint density at radius 3 is 2.21 bits per heavy atom. The van der Waals surface area contributed by atoms with Gasteiger partial charge in [-0.05, 0) is 6.42 Å². The Morgan fingerprint density at radius 2 is 1.71 bits per heavy atom. The fourth-order valence-electron chi connectivity index (χ4n) is 3.27. The van der Waals surface area contributed by atoms with Crippen LogP contribution in [0.1, 0.15) is 19.3 Å². The van der Waals surface area contributed by atoms with Crippen molar-refractivity contribution < 1.29 is 48.3 Å². The zero-order chi connectivity index (χ0) is 18.2. The fraction of sp³-hybridized carbons (Fsp3) is 0.786. The molecule has 24 heavy (non-hydrogen) atoms. The molecular formula is C14H20O10. The molecule has 10 heteroatoms. The summed E-state index contributed by atoms with van der Waals surface area (Å²) in [7, 11) is 3.06. The molecule has 0 spiro atoms. The lowest BCUT2D eigenvalue weighted by Crippen LogP contribution is -2.76. The van der Waals surface area contributed by atoms with Gasteiger partial charge in [0.1, 0.15) is 0 Å². The lowest BCUT2D eigenvalue weighted by atomic mass is 9.76. The molecule has 2 aliphatic rings. The van der Waals surface area contributed by atoms with Gasteiger partial charge >= 0.3 is 17.9 Å². The monoisotopic (exact) mass is 348 g/mol. The van der Waals surface area contributed by atoms with Gasteiger partial charge in [0.25, 0.3) is 0 Å². The van der Waals surface area contributed by atoms with E-state index < -0.39 is 41.0 Å². The molecule has 2 fully saturated rings. The van der Waals surface area contributed by atoms with Crippen molar-refractivity contribution >= 4 is 17.9 Å². The van der Waals surface area contributed by atoms with Crippen LogP contribution in [0.25, 0.3) is 0 Å². The Bertz CT molecular complexity index is 548. The molecule has 0 aromatic carbocycles. The largest absolute Gasteiger partial charge is 0.467 e. The van der Waals surface area contributed by atoms with Gasteiger partial charge in [-0.2, -0.15) is 0 Å². The minimum Gasteiger partial charge on any atom is -0.467 e. The Morgan fingerprint density at radius 1 is 1.08 bits per heavy atom. The number of methoxy groups -OCH3 is 3. The summed E-state index contributed by atoms with van der Waals surface area (Å²) in [5.41, 5.74) is -5.03. The summed E-state index contributed by atoms with van der Waals surface area (Å²) in [6.45, 7) is -0.373. The van der Waals surface area contributed by atoms with E-state index in [1.807, 2.05) is 0 Å². The predicted molar refractivity (Wildman–Crippen MR) is 73.4 cm³/mol. The number of carbonyl (C=O) groups is 3. The van der Waals surface area contributed by atoms with E-state index in [2.05, 4.69) is 14.2 Å². The second kappa shape index (κ2) is 6.28. The van der Waals surface area contributed by atoms with Gasteiger partial charge in [0, 0.05) is 19.4 Å². The van der Waals surface area contributed by atoms with Gasteiger partial charge in [-0.25, -0.2) is 14.4 Å². The first kappa shape index (κ1) is 18.6. The van der Waals surface area contributed by atoms with Crippen LogP contribution in [0.3, 0.4) is 0 Å². The molecule has 0 radical (unpaired) electrons. The Hall–Kier alpha value is -1.75. The minimum absolute atomic E-state index is 0.0372. The summed E-state index contributed by atoms with van der Waals surface area (Å²) < 4.78 is 24.9. The van der Waals surface area contributed by atoms with Gasteiger partial charge in [0.2, 0.25) is 17.3 Å². The molecule has 4 unspecified atom stereocenters. The topological polar surface area (TPSA) is 138 Å². The van der Waals surface area contributed by atoms with Crippen molar-refractivity contribution in [3.8, 4) is 0 Å². The summed E-state index contributed by atoms with van der Waals surface area (Å²) in [5, 5.41) is 20.3. The smallest absolute Gasteiger partial charge is 0.345 e. The van der Waals surface area contributed by atoms with E-state index in [0.29, 0.717) is 0 Å². The molecule has 2 N–H and O–H groups in total. The number of ether oxygens (including phenoxy) is 5. The van der Waals surface area contributed by atoms with Crippen LogP contribution >= 0.6 is 0 Å². The third kappa shape index (κ3) is 2.29. The average molecular weight is 348 g/mol. The first-order chi connectivity index (χ1) is 11.3. The van der Waals surface area contributed by atoms with Crippen molar-refractivity contribution in [1.29, 1.82) is 0 Å². The third-order valence-corrected chi connectivity index (χ3v) is 4.47. The van der Waals surface area contributed by atoms with Crippen LogP contribution in [-0.4, -0.2) is 79.2 Å². The van der Waals surface area contributed by atoms with Crippen LogP contribution in [0.5, 0.6) is 0 Å². The van der Waals surface area contributed by atoms with Crippen LogP contribution in [-0.2, 0) is 38.1 Å². The van der Waals surface area contributed by atoms with Gasteiger partial charge in [0.15, 0.2) is 5.79 Å². The van der Waals surface area contributed by atoms with E-state index in [1.165, 1.54) is 0 Å². The Kier molecular flexibility index (Phi) is 4.86. The maximum atomic E-state index is 12.4. The number of hydrogen-bond acceptors (Lipinski definition) is 10. The highest BCUT2D eigenvalue weighted by Crippen LogP contribution is 2.54. The molecular weight excluding hydrogens is 328 g/mol. The van der Waals surface area contributed by atoms with Crippen LogP contribution in [0.4, 0.5) is 0 Å². The molecule has 2 saturated heterocycles. The van der Waals surface area contributed by atoms with Gasteiger partial charge < -0.3 is 33.9 Å². The Balaban J connectivity index is 2.65. The molecule has 2 aliphatic heterocycles. The summed E-state index contributed by atoms with van der Waals surface area (Å²) in [5.74, 6) is -5.00. The lowest BCUT2D eigenvalue weighted by Gasteiger charge is -2.49. The second-order valence-electron chi connectivity index (χ2n) is 5.58. The molecule has 0 aromatic heterocycles. The van der Waals surface area contributed by atoms with Crippen molar-refractivity contribution in [1.82, 2.24) is 0 Å². The maximum absolute atomic E-state index is 12.4. The predicted octanol–water partition coefficient (Wildman–Crippen LogP) is -1.74. The highest BCUT2D eigenvalue weighted by Gasteiger charge is 2.78.